The van der Waals surface area contributed by atoms with Crippen molar-refractivity contribution in [2.75, 3.05) is 26.7 Å². The minimum absolute atomic E-state index is 0.685. The molecule has 1 unspecified atom stereocenters. The van der Waals surface area contributed by atoms with Crippen LogP contribution >= 0.6 is 0 Å². The lowest BCUT2D eigenvalue weighted by Gasteiger charge is -2.36. The maximum atomic E-state index is 4.24. The van der Waals surface area contributed by atoms with Crippen LogP contribution < -0.4 is 5.32 Å². The van der Waals surface area contributed by atoms with Crippen molar-refractivity contribution in [1.29, 1.82) is 0 Å². The van der Waals surface area contributed by atoms with Crippen LogP contribution in [-0.4, -0.2) is 37.6 Å². The maximum Gasteiger partial charge on any atom is 0.00496 e. The summed E-state index contributed by atoms with van der Waals surface area (Å²) in [7, 11) is 2.01. The topological polar surface area (TPSA) is 15.3 Å². The molecule has 1 heterocycles. The average Bonchev–Trinajstić information content (AvgIpc) is 2.26. The first-order chi connectivity index (χ1) is 7.15. The van der Waals surface area contributed by atoms with Crippen molar-refractivity contribution >= 4 is 0 Å². The molecule has 88 valence electrons. The standard InChI is InChI=1S/C13H26N2/c1-11(2)15-9-5-6-13(10-15)12(3)7-8-14-4/h11,13-14H,3,5-10H2,1-2,4H3. The van der Waals surface area contributed by atoms with Gasteiger partial charge in [0.05, 0.1) is 0 Å². The number of piperidine rings is 1. The zero-order valence-electron chi connectivity index (χ0n) is 10.6. The number of nitrogens with one attached hydrogen (secondary N) is 1. The van der Waals surface area contributed by atoms with Crippen LogP contribution in [-0.2, 0) is 0 Å². The highest BCUT2D eigenvalue weighted by molar-refractivity contribution is 5.03. The van der Waals surface area contributed by atoms with Gasteiger partial charge in [0.1, 0.15) is 0 Å². The summed E-state index contributed by atoms with van der Waals surface area (Å²) in [6, 6.07) is 0.685. The monoisotopic (exact) mass is 210 g/mol. The van der Waals surface area contributed by atoms with Gasteiger partial charge >= 0.3 is 0 Å². The normalized spacial score (nSPS) is 23.3. The minimum atomic E-state index is 0.685. The van der Waals surface area contributed by atoms with Gasteiger partial charge in [-0.15, -0.1) is 0 Å². The summed E-state index contributed by atoms with van der Waals surface area (Å²) >= 11 is 0. The van der Waals surface area contributed by atoms with Crippen LogP contribution in [0.1, 0.15) is 33.1 Å². The zero-order chi connectivity index (χ0) is 11.3. The van der Waals surface area contributed by atoms with E-state index < -0.39 is 0 Å². The van der Waals surface area contributed by atoms with Gasteiger partial charge in [-0.05, 0) is 59.2 Å². The third-order valence-corrected chi connectivity index (χ3v) is 3.46. The van der Waals surface area contributed by atoms with E-state index >= 15 is 0 Å². The summed E-state index contributed by atoms with van der Waals surface area (Å²) < 4.78 is 0. The molecule has 0 saturated carbocycles. The molecule has 0 aromatic carbocycles. The fourth-order valence-electron chi connectivity index (χ4n) is 2.30. The largest absolute Gasteiger partial charge is 0.319 e. The van der Waals surface area contributed by atoms with Crippen LogP contribution in [0.2, 0.25) is 0 Å². The predicted molar refractivity (Wildman–Crippen MR) is 67.1 cm³/mol. The molecule has 1 saturated heterocycles. The first-order valence-electron chi connectivity index (χ1n) is 6.21. The first-order valence-corrected chi connectivity index (χ1v) is 6.21. The fraction of sp³-hybridized carbons (Fsp3) is 0.846. The van der Waals surface area contributed by atoms with Gasteiger partial charge in [-0.2, -0.15) is 0 Å². The van der Waals surface area contributed by atoms with Gasteiger partial charge in [0.2, 0.25) is 0 Å². The molecule has 0 aromatic heterocycles. The Hall–Kier alpha value is -0.340. The van der Waals surface area contributed by atoms with Gasteiger partial charge < -0.3 is 10.2 Å². The predicted octanol–water partition coefficient (Wildman–Crippen LogP) is 2.27. The van der Waals surface area contributed by atoms with Crippen molar-refractivity contribution < 1.29 is 0 Å². The summed E-state index contributed by atoms with van der Waals surface area (Å²) in [6.07, 6.45) is 3.81. The summed E-state index contributed by atoms with van der Waals surface area (Å²) in [5, 5.41) is 3.20. The average molecular weight is 210 g/mol. The van der Waals surface area contributed by atoms with E-state index in [9.17, 15) is 0 Å². The number of hydrogen-bond donors (Lipinski definition) is 1. The van der Waals surface area contributed by atoms with Crippen molar-refractivity contribution in [3.63, 3.8) is 0 Å². The molecule has 1 aliphatic heterocycles. The number of nitrogens with zero attached hydrogens (tertiary/aromatic N) is 1. The van der Waals surface area contributed by atoms with Crippen LogP contribution in [0.25, 0.3) is 0 Å². The second-order valence-corrected chi connectivity index (χ2v) is 4.94. The Morgan fingerprint density at radius 1 is 1.53 bits per heavy atom. The molecule has 1 atom stereocenters. The molecule has 0 bridgehead atoms. The molecule has 1 rings (SSSR count). The van der Waals surface area contributed by atoms with Gasteiger partial charge in [-0.1, -0.05) is 12.2 Å². The summed E-state index contributed by atoms with van der Waals surface area (Å²) in [6.45, 7) is 12.4. The molecule has 0 aromatic rings. The Balaban J connectivity index is 2.38. The summed E-state index contributed by atoms with van der Waals surface area (Å²) in [4.78, 5) is 2.58. The van der Waals surface area contributed by atoms with Crippen molar-refractivity contribution in [2.24, 2.45) is 5.92 Å². The highest BCUT2D eigenvalue weighted by Gasteiger charge is 2.22. The summed E-state index contributed by atoms with van der Waals surface area (Å²) in [5.41, 5.74) is 1.44. The molecular formula is C13H26N2. The van der Waals surface area contributed by atoms with E-state index in [1.165, 1.54) is 31.5 Å². The Morgan fingerprint density at radius 3 is 2.87 bits per heavy atom. The lowest BCUT2D eigenvalue weighted by atomic mass is 9.89. The molecular weight excluding hydrogens is 184 g/mol. The SMILES string of the molecule is C=C(CCNC)C1CCCN(C(C)C)C1. The van der Waals surface area contributed by atoms with Gasteiger partial charge in [-0.25, -0.2) is 0 Å². The quantitative estimate of drug-likeness (QED) is 0.700. The van der Waals surface area contributed by atoms with E-state index in [-0.39, 0.29) is 0 Å². The minimum Gasteiger partial charge on any atom is -0.319 e. The first kappa shape index (κ1) is 12.7. The number of hydrogen-bond acceptors (Lipinski definition) is 2. The molecule has 1 fully saturated rings. The Kier molecular flexibility index (Phi) is 5.34. The van der Waals surface area contributed by atoms with E-state index in [1.54, 1.807) is 0 Å². The van der Waals surface area contributed by atoms with E-state index in [0.29, 0.717) is 6.04 Å². The van der Waals surface area contributed by atoms with Crippen LogP contribution in [0.5, 0.6) is 0 Å². The molecule has 1 aliphatic rings. The third kappa shape index (κ3) is 3.96. The second-order valence-electron chi connectivity index (χ2n) is 4.94. The lowest BCUT2D eigenvalue weighted by molar-refractivity contribution is 0.152. The number of rotatable bonds is 5. The van der Waals surface area contributed by atoms with Crippen LogP contribution in [0.3, 0.4) is 0 Å². The van der Waals surface area contributed by atoms with Crippen molar-refractivity contribution in [3.8, 4) is 0 Å². The van der Waals surface area contributed by atoms with Gasteiger partial charge in [0.25, 0.3) is 0 Å². The van der Waals surface area contributed by atoms with E-state index in [4.69, 9.17) is 0 Å². The smallest absolute Gasteiger partial charge is 0.00496 e. The maximum absolute atomic E-state index is 4.24. The van der Waals surface area contributed by atoms with Crippen molar-refractivity contribution in [1.82, 2.24) is 10.2 Å². The Morgan fingerprint density at radius 2 is 2.27 bits per heavy atom. The molecule has 0 aliphatic carbocycles. The van der Waals surface area contributed by atoms with Gasteiger partial charge in [0, 0.05) is 12.6 Å². The van der Waals surface area contributed by atoms with Gasteiger partial charge in [-0.3, -0.25) is 0 Å². The van der Waals surface area contributed by atoms with E-state index in [1.807, 2.05) is 7.05 Å². The highest BCUT2D eigenvalue weighted by Crippen LogP contribution is 2.25. The second kappa shape index (κ2) is 6.29. The molecule has 2 nitrogen and oxygen atoms in total. The summed E-state index contributed by atoms with van der Waals surface area (Å²) in [5.74, 6) is 0.731. The molecule has 0 spiro atoms. The van der Waals surface area contributed by atoms with Crippen LogP contribution in [0.15, 0.2) is 12.2 Å². The lowest BCUT2D eigenvalue weighted by Crippen LogP contribution is -2.40. The zero-order valence-corrected chi connectivity index (χ0v) is 10.6. The third-order valence-electron chi connectivity index (χ3n) is 3.46. The Bertz CT molecular complexity index is 199. The molecule has 0 amide bonds. The molecule has 2 heteroatoms. The number of likely N-dealkylation sites (tertiary alicyclic amines) is 1. The fourth-order valence-corrected chi connectivity index (χ4v) is 2.30. The van der Waals surface area contributed by atoms with Gasteiger partial charge in [0.15, 0.2) is 0 Å². The highest BCUT2D eigenvalue weighted by atomic mass is 15.2. The van der Waals surface area contributed by atoms with Crippen LogP contribution in [0, 0.1) is 5.92 Å². The molecule has 1 N–H and O–H groups in total. The van der Waals surface area contributed by atoms with Crippen molar-refractivity contribution in [3.05, 3.63) is 12.2 Å². The molecule has 0 radical (unpaired) electrons. The van der Waals surface area contributed by atoms with E-state index in [2.05, 4.69) is 30.6 Å². The van der Waals surface area contributed by atoms with Crippen molar-refractivity contribution in [2.45, 2.75) is 39.2 Å². The molecule has 15 heavy (non-hydrogen) atoms. The Labute approximate surface area is 94.7 Å². The van der Waals surface area contributed by atoms with Crippen LogP contribution in [0.4, 0.5) is 0 Å². The van der Waals surface area contributed by atoms with E-state index in [0.717, 1.165) is 18.9 Å².